The van der Waals surface area contributed by atoms with Crippen LogP contribution in [0.25, 0.3) is 16.6 Å². The summed E-state index contributed by atoms with van der Waals surface area (Å²) < 4.78 is 1.88. The Bertz CT molecular complexity index is 686. The molecule has 1 N–H and O–H groups in total. The van der Waals surface area contributed by atoms with Crippen LogP contribution < -0.4 is 0 Å². The molecule has 0 saturated heterocycles. The second kappa shape index (κ2) is 4.18. The predicted octanol–water partition coefficient (Wildman–Crippen LogP) is 3.29. The molecule has 3 nitrogen and oxygen atoms in total. The van der Waals surface area contributed by atoms with Gasteiger partial charge in [-0.15, -0.1) is 0 Å². The average Bonchev–Trinajstić information content (AvgIpc) is 2.77. The third-order valence-corrected chi connectivity index (χ3v) is 3.08. The van der Waals surface area contributed by atoms with E-state index in [2.05, 4.69) is 12.0 Å². The van der Waals surface area contributed by atoms with Crippen molar-refractivity contribution >= 4 is 10.9 Å². The van der Waals surface area contributed by atoms with Gasteiger partial charge in [0.15, 0.2) is 0 Å². The first kappa shape index (κ1) is 10.8. The molecular weight excluding hydrogens is 224 g/mol. The van der Waals surface area contributed by atoms with Crippen LogP contribution in [0.1, 0.15) is 12.6 Å². The number of aromatic nitrogens is 2. The van der Waals surface area contributed by atoms with Gasteiger partial charge in [-0.1, -0.05) is 25.1 Å². The first-order valence-electron chi connectivity index (χ1n) is 6.05. The van der Waals surface area contributed by atoms with Gasteiger partial charge in [-0.3, -0.25) is 0 Å². The van der Waals surface area contributed by atoms with Crippen LogP contribution in [-0.4, -0.2) is 14.9 Å². The number of hydrogen-bond acceptors (Lipinski definition) is 2. The molecule has 0 saturated carbocycles. The maximum absolute atomic E-state index is 9.64. The monoisotopic (exact) mass is 238 g/mol. The van der Waals surface area contributed by atoms with Crippen LogP contribution in [0.15, 0.2) is 48.5 Å². The number of aromatic hydroxyl groups is 1. The Morgan fingerprint density at radius 3 is 2.61 bits per heavy atom. The molecule has 0 fully saturated rings. The number of aryl methyl sites for hydroxylation is 1. The van der Waals surface area contributed by atoms with Gasteiger partial charge < -0.3 is 5.11 Å². The van der Waals surface area contributed by atoms with Crippen molar-refractivity contribution in [3.8, 4) is 11.4 Å². The molecule has 0 atom stereocenters. The summed E-state index contributed by atoms with van der Waals surface area (Å²) in [6.07, 6.45) is 0.876. The minimum Gasteiger partial charge on any atom is -0.508 e. The molecule has 2 aromatic carbocycles. The van der Waals surface area contributed by atoms with E-state index >= 15 is 0 Å². The van der Waals surface area contributed by atoms with E-state index in [4.69, 9.17) is 0 Å². The van der Waals surface area contributed by atoms with Gasteiger partial charge in [-0.05, 0) is 30.7 Å². The Morgan fingerprint density at radius 2 is 1.89 bits per heavy atom. The third kappa shape index (κ3) is 1.64. The highest BCUT2D eigenvalue weighted by molar-refractivity contribution is 5.84. The van der Waals surface area contributed by atoms with Crippen molar-refractivity contribution in [3.05, 3.63) is 54.2 Å². The minimum atomic E-state index is 0.266. The lowest BCUT2D eigenvalue weighted by Crippen LogP contribution is -1.96. The number of rotatable bonds is 2. The number of phenols is 1. The molecule has 0 radical (unpaired) electrons. The minimum absolute atomic E-state index is 0.266. The predicted molar refractivity (Wildman–Crippen MR) is 72.1 cm³/mol. The van der Waals surface area contributed by atoms with Crippen LogP contribution >= 0.6 is 0 Å². The topological polar surface area (TPSA) is 38.0 Å². The molecule has 0 amide bonds. The average molecular weight is 238 g/mol. The van der Waals surface area contributed by atoms with Gasteiger partial charge in [0.2, 0.25) is 0 Å². The molecule has 3 rings (SSSR count). The smallest absolute Gasteiger partial charge is 0.117 e. The van der Waals surface area contributed by atoms with Crippen molar-refractivity contribution in [2.75, 3.05) is 0 Å². The van der Waals surface area contributed by atoms with E-state index in [1.807, 2.05) is 41.1 Å². The molecule has 0 aliphatic heterocycles. The number of fused-ring (bicyclic) bond motifs is 1. The lowest BCUT2D eigenvalue weighted by atomic mass is 10.1. The second-order valence-electron chi connectivity index (χ2n) is 4.25. The van der Waals surface area contributed by atoms with Gasteiger partial charge in [0.05, 0.1) is 16.9 Å². The molecule has 0 aliphatic rings. The molecule has 0 bridgehead atoms. The fourth-order valence-corrected chi connectivity index (χ4v) is 2.19. The van der Waals surface area contributed by atoms with Crippen LogP contribution in [0.2, 0.25) is 0 Å². The van der Waals surface area contributed by atoms with Crippen LogP contribution in [-0.2, 0) is 6.42 Å². The summed E-state index contributed by atoms with van der Waals surface area (Å²) in [6, 6.07) is 15.4. The molecule has 3 heteroatoms. The summed E-state index contributed by atoms with van der Waals surface area (Å²) in [4.78, 5) is 0. The Balaban J connectivity index is 2.32. The molecule has 0 aliphatic carbocycles. The summed E-state index contributed by atoms with van der Waals surface area (Å²) >= 11 is 0. The zero-order chi connectivity index (χ0) is 12.5. The molecular formula is C15H14N2O. The highest BCUT2D eigenvalue weighted by atomic mass is 16.3. The lowest BCUT2D eigenvalue weighted by Gasteiger charge is -2.02. The van der Waals surface area contributed by atoms with E-state index in [1.54, 1.807) is 12.1 Å². The summed E-state index contributed by atoms with van der Waals surface area (Å²) in [5, 5.41) is 15.4. The van der Waals surface area contributed by atoms with Gasteiger partial charge in [-0.2, -0.15) is 5.10 Å². The summed E-state index contributed by atoms with van der Waals surface area (Å²) in [6.45, 7) is 2.09. The van der Waals surface area contributed by atoms with Crippen molar-refractivity contribution in [1.29, 1.82) is 0 Å². The zero-order valence-corrected chi connectivity index (χ0v) is 10.2. The highest BCUT2D eigenvalue weighted by Crippen LogP contribution is 2.25. The standard InChI is InChI=1S/C15H14N2O/c1-2-14-13-9-8-12(18)10-15(13)17(16-14)11-6-4-3-5-7-11/h3-10,18H,2H2,1H3. The number of phenolic OH excluding ortho intramolecular Hbond substituents is 1. The van der Waals surface area contributed by atoms with Crippen molar-refractivity contribution in [3.63, 3.8) is 0 Å². The van der Waals surface area contributed by atoms with E-state index in [1.165, 1.54) is 0 Å². The van der Waals surface area contributed by atoms with Gasteiger partial charge in [-0.25, -0.2) is 4.68 Å². The zero-order valence-electron chi connectivity index (χ0n) is 10.2. The molecule has 3 aromatic rings. The Labute approximate surface area is 105 Å². The molecule has 18 heavy (non-hydrogen) atoms. The Morgan fingerprint density at radius 1 is 1.11 bits per heavy atom. The Kier molecular flexibility index (Phi) is 2.52. The van der Waals surface area contributed by atoms with E-state index in [-0.39, 0.29) is 5.75 Å². The Hall–Kier alpha value is -2.29. The number of nitrogens with zero attached hydrogens (tertiary/aromatic N) is 2. The molecule has 1 heterocycles. The second-order valence-corrected chi connectivity index (χ2v) is 4.25. The summed E-state index contributed by atoms with van der Waals surface area (Å²) in [5.74, 6) is 0.266. The first-order valence-corrected chi connectivity index (χ1v) is 6.05. The molecule has 0 unspecified atom stereocenters. The number of hydrogen-bond donors (Lipinski definition) is 1. The van der Waals surface area contributed by atoms with E-state index in [0.29, 0.717) is 0 Å². The van der Waals surface area contributed by atoms with Gasteiger partial charge >= 0.3 is 0 Å². The fraction of sp³-hybridized carbons (Fsp3) is 0.133. The van der Waals surface area contributed by atoms with Gasteiger partial charge in [0, 0.05) is 11.5 Å². The van der Waals surface area contributed by atoms with E-state index in [9.17, 15) is 5.11 Å². The summed E-state index contributed by atoms with van der Waals surface area (Å²) in [7, 11) is 0. The molecule has 1 aromatic heterocycles. The van der Waals surface area contributed by atoms with Crippen molar-refractivity contribution in [1.82, 2.24) is 9.78 Å². The van der Waals surface area contributed by atoms with Crippen LogP contribution in [0.5, 0.6) is 5.75 Å². The number of para-hydroxylation sites is 1. The van der Waals surface area contributed by atoms with Crippen LogP contribution in [0.3, 0.4) is 0 Å². The third-order valence-electron chi connectivity index (χ3n) is 3.08. The molecule has 0 spiro atoms. The number of benzene rings is 2. The van der Waals surface area contributed by atoms with Gasteiger partial charge in [0.25, 0.3) is 0 Å². The highest BCUT2D eigenvalue weighted by Gasteiger charge is 2.10. The van der Waals surface area contributed by atoms with Crippen molar-refractivity contribution < 1.29 is 5.11 Å². The van der Waals surface area contributed by atoms with Crippen molar-refractivity contribution in [2.24, 2.45) is 0 Å². The fourth-order valence-electron chi connectivity index (χ4n) is 2.19. The van der Waals surface area contributed by atoms with E-state index in [0.717, 1.165) is 28.7 Å². The van der Waals surface area contributed by atoms with E-state index < -0.39 is 0 Å². The van der Waals surface area contributed by atoms with Crippen molar-refractivity contribution in [2.45, 2.75) is 13.3 Å². The molecule has 90 valence electrons. The summed E-state index contributed by atoms with van der Waals surface area (Å²) in [5.41, 5.74) is 3.00. The normalized spacial score (nSPS) is 10.9. The quantitative estimate of drug-likeness (QED) is 0.744. The maximum Gasteiger partial charge on any atom is 0.117 e. The van der Waals surface area contributed by atoms with Crippen LogP contribution in [0.4, 0.5) is 0 Å². The van der Waals surface area contributed by atoms with Gasteiger partial charge in [0.1, 0.15) is 5.75 Å². The first-order chi connectivity index (χ1) is 8.79. The van der Waals surface area contributed by atoms with Crippen LogP contribution in [0, 0.1) is 0 Å². The maximum atomic E-state index is 9.64. The lowest BCUT2D eigenvalue weighted by molar-refractivity contribution is 0.476. The SMILES string of the molecule is CCc1nn(-c2ccccc2)c2cc(O)ccc12. The largest absolute Gasteiger partial charge is 0.508 e.